The van der Waals surface area contributed by atoms with Crippen LogP contribution in [0.2, 0.25) is 0 Å². The van der Waals surface area contributed by atoms with E-state index in [1.807, 2.05) is 28.9 Å². The van der Waals surface area contributed by atoms with Crippen LogP contribution in [0.5, 0.6) is 5.75 Å². The van der Waals surface area contributed by atoms with E-state index in [1.54, 1.807) is 49.5 Å². The highest BCUT2D eigenvalue weighted by Gasteiger charge is 2.22. The Balaban J connectivity index is 1.59. The predicted molar refractivity (Wildman–Crippen MR) is 119 cm³/mol. The molecule has 0 saturated heterocycles. The van der Waals surface area contributed by atoms with Gasteiger partial charge in [-0.15, -0.1) is 0 Å². The van der Waals surface area contributed by atoms with Gasteiger partial charge in [-0.1, -0.05) is 48.5 Å². The SMILES string of the molecule is COc1cc(C(=O)CS(=O)(=O)c2ccccc2C)ccc1Cn1ncc2ccccc21. The second-order valence-corrected chi connectivity index (χ2v) is 9.29. The zero-order valence-electron chi connectivity index (χ0n) is 17.3. The number of sulfone groups is 1. The van der Waals surface area contributed by atoms with E-state index in [0.29, 0.717) is 23.4 Å². The Labute approximate surface area is 181 Å². The van der Waals surface area contributed by atoms with Gasteiger partial charge >= 0.3 is 0 Å². The monoisotopic (exact) mass is 434 g/mol. The molecule has 0 unspecified atom stereocenters. The van der Waals surface area contributed by atoms with E-state index in [4.69, 9.17) is 4.74 Å². The average molecular weight is 435 g/mol. The van der Waals surface area contributed by atoms with Gasteiger partial charge in [-0.3, -0.25) is 9.48 Å². The largest absolute Gasteiger partial charge is 0.496 e. The van der Waals surface area contributed by atoms with Crippen LogP contribution >= 0.6 is 0 Å². The van der Waals surface area contributed by atoms with Gasteiger partial charge in [0.25, 0.3) is 0 Å². The smallest absolute Gasteiger partial charge is 0.186 e. The van der Waals surface area contributed by atoms with E-state index < -0.39 is 21.4 Å². The molecule has 7 heteroatoms. The number of hydrogen-bond acceptors (Lipinski definition) is 5. The number of Topliss-reactive ketones (excluding diaryl/α,β-unsaturated/α-hetero) is 1. The van der Waals surface area contributed by atoms with Gasteiger partial charge in [-0.25, -0.2) is 8.42 Å². The van der Waals surface area contributed by atoms with Crippen molar-refractivity contribution in [3.8, 4) is 5.75 Å². The first-order valence-electron chi connectivity index (χ1n) is 9.78. The number of benzene rings is 3. The van der Waals surface area contributed by atoms with Crippen molar-refractivity contribution in [1.82, 2.24) is 9.78 Å². The van der Waals surface area contributed by atoms with Gasteiger partial charge in [-0.05, 0) is 30.7 Å². The number of aromatic nitrogens is 2. The van der Waals surface area contributed by atoms with Crippen LogP contribution in [0.15, 0.2) is 77.8 Å². The summed E-state index contributed by atoms with van der Waals surface area (Å²) in [6, 6.07) is 19.6. The molecule has 0 atom stereocenters. The standard InChI is InChI=1S/C24H22N2O4S/c1-17-7-3-6-10-24(17)31(28,29)16-22(27)18-11-12-20(23(13-18)30-2)15-26-21-9-5-4-8-19(21)14-25-26/h3-14H,15-16H2,1-2H3. The Kier molecular flexibility index (Phi) is 5.61. The third-order valence-corrected chi connectivity index (χ3v) is 7.00. The fourth-order valence-corrected chi connectivity index (χ4v) is 5.11. The first-order valence-corrected chi connectivity index (χ1v) is 11.4. The highest BCUT2D eigenvalue weighted by atomic mass is 32.2. The molecule has 0 aliphatic heterocycles. The normalized spacial score (nSPS) is 11.5. The number of aryl methyl sites for hydroxylation is 1. The molecule has 158 valence electrons. The van der Waals surface area contributed by atoms with Crippen LogP contribution < -0.4 is 4.74 Å². The third kappa shape index (κ3) is 4.22. The van der Waals surface area contributed by atoms with Gasteiger partial charge in [0.05, 0.1) is 30.3 Å². The summed E-state index contributed by atoms with van der Waals surface area (Å²) in [4.78, 5) is 12.9. The zero-order chi connectivity index (χ0) is 22.0. The number of fused-ring (bicyclic) bond motifs is 1. The minimum absolute atomic E-state index is 0.178. The molecule has 0 fully saturated rings. The van der Waals surface area contributed by atoms with Gasteiger partial charge in [0.2, 0.25) is 0 Å². The maximum absolute atomic E-state index is 12.8. The van der Waals surface area contributed by atoms with Gasteiger partial charge in [0, 0.05) is 16.5 Å². The van der Waals surface area contributed by atoms with E-state index in [0.717, 1.165) is 16.5 Å². The molecule has 3 aromatic carbocycles. The lowest BCUT2D eigenvalue weighted by Crippen LogP contribution is -2.17. The molecule has 0 bridgehead atoms. The summed E-state index contributed by atoms with van der Waals surface area (Å²) < 4.78 is 32.8. The summed E-state index contributed by atoms with van der Waals surface area (Å²) in [6.07, 6.45) is 1.80. The predicted octanol–water partition coefficient (Wildman–Crippen LogP) is 4.06. The Hall–Kier alpha value is -3.45. The molecule has 31 heavy (non-hydrogen) atoms. The number of para-hydroxylation sites is 1. The van der Waals surface area contributed by atoms with Gasteiger partial charge < -0.3 is 4.74 Å². The summed E-state index contributed by atoms with van der Waals surface area (Å²) in [6.45, 7) is 2.18. The molecule has 4 rings (SSSR count). The lowest BCUT2D eigenvalue weighted by atomic mass is 10.1. The molecule has 0 N–H and O–H groups in total. The number of carbonyl (C=O) groups excluding carboxylic acids is 1. The van der Waals surface area contributed by atoms with Crippen LogP contribution in [0.25, 0.3) is 10.9 Å². The van der Waals surface area contributed by atoms with Crippen molar-refractivity contribution in [3.63, 3.8) is 0 Å². The number of ether oxygens (including phenoxy) is 1. The molecule has 0 saturated carbocycles. The maximum Gasteiger partial charge on any atom is 0.186 e. The number of methoxy groups -OCH3 is 1. The van der Waals surface area contributed by atoms with Crippen molar-refractivity contribution in [2.24, 2.45) is 0 Å². The second kappa shape index (κ2) is 8.35. The first-order chi connectivity index (χ1) is 14.9. The number of carbonyl (C=O) groups is 1. The lowest BCUT2D eigenvalue weighted by molar-refractivity contribution is 0.102. The summed E-state index contributed by atoms with van der Waals surface area (Å²) in [7, 11) is -2.21. The average Bonchev–Trinajstić information content (AvgIpc) is 3.16. The Morgan fingerprint density at radius 3 is 2.55 bits per heavy atom. The van der Waals surface area contributed by atoms with Crippen LogP contribution in [0.1, 0.15) is 21.5 Å². The van der Waals surface area contributed by atoms with Crippen molar-refractivity contribution >= 4 is 26.5 Å². The molecule has 6 nitrogen and oxygen atoms in total. The zero-order valence-corrected chi connectivity index (χ0v) is 18.1. The summed E-state index contributed by atoms with van der Waals surface area (Å²) >= 11 is 0. The number of nitrogens with zero attached hydrogens (tertiary/aromatic N) is 2. The van der Waals surface area contributed by atoms with Crippen molar-refractivity contribution in [1.29, 1.82) is 0 Å². The van der Waals surface area contributed by atoms with Gasteiger partial charge in [-0.2, -0.15) is 5.10 Å². The van der Waals surface area contributed by atoms with Crippen LogP contribution in [0, 0.1) is 6.92 Å². The van der Waals surface area contributed by atoms with Crippen molar-refractivity contribution in [2.45, 2.75) is 18.4 Å². The number of rotatable bonds is 7. The first kappa shape index (κ1) is 20.8. The Morgan fingerprint density at radius 1 is 1.03 bits per heavy atom. The van der Waals surface area contributed by atoms with E-state index in [-0.39, 0.29) is 4.90 Å². The van der Waals surface area contributed by atoms with Gasteiger partial charge in [0.1, 0.15) is 11.5 Å². The highest BCUT2D eigenvalue weighted by Crippen LogP contribution is 2.24. The Bertz CT molecular complexity index is 1370. The number of ketones is 1. The molecule has 0 aliphatic carbocycles. The molecule has 1 heterocycles. The topological polar surface area (TPSA) is 78.3 Å². The van der Waals surface area contributed by atoms with E-state index in [1.165, 1.54) is 13.2 Å². The van der Waals surface area contributed by atoms with Crippen LogP contribution in [0.4, 0.5) is 0 Å². The minimum Gasteiger partial charge on any atom is -0.496 e. The molecule has 0 spiro atoms. The fourth-order valence-electron chi connectivity index (χ4n) is 3.60. The second-order valence-electron chi connectivity index (χ2n) is 7.34. The quantitative estimate of drug-likeness (QED) is 0.410. The van der Waals surface area contributed by atoms with Crippen LogP contribution in [-0.2, 0) is 16.4 Å². The lowest BCUT2D eigenvalue weighted by Gasteiger charge is -2.12. The highest BCUT2D eigenvalue weighted by molar-refractivity contribution is 7.92. The summed E-state index contributed by atoms with van der Waals surface area (Å²) in [5, 5.41) is 5.47. The van der Waals surface area contributed by atoms with Gasteiger partial charge in [0.15, 0.2) is 15.6 Å². The molecule has 0 radical (unpaired) electrons. The third-order valence-electron chi connectivity index (χ3n) is 5.23. The van der Waals surface area contributed by atoms with Crippen molar-refractivity contribution in [2.75, 3.05) is 12.9 Å². The Morgan fingerprint density at radius 2 is 1.77 bits per heavy atom. The van der Waals surface area contributed by atoms with E-state index in [9.17, 15) is 13.2 Å². The molecular weight excluding hydrogens is 412 g/mol. The van der Waals surface area contributed by atoms with Crippen molar-refractivity contribution < 1.29 is 17.9 Å². The summed E-state index contributed by atoms with van der Waals surface area (Å²) in [5.74, 6) is -0.555. The molecule has 0 aliphatic rings. The number of hydrogen-bond donors (Lipinski definition) is 0. The van der Waals surface area contributed by atoms with Crippen LogP contribution in [-0.4, -0.2) is 36.8 Å². The summed E-state index contributed by atoms with van der Waals surface area (Å²) in [5.41, 5.74) is 2.75. The minimum atomic E-state index is -3.74. The molecule has 1 aromatic heterocycles. The van der Waals surface area contributed by atoms with Crippen LogP contribution in [0.3, 0.4) is 0 Å². The maximum atomic E-state index is 12.8. The van der Waals surface area contributed by atoms with Crippen molar-refractivity contribution in [3.05, 3.63) is 89.6 Å². The molecule has 0 amide bonds. The van der Waals surface area contributed by atoms with E-state index >= 15 is 0 Å². The van der Waals surface area contributed by atoms with E-state index in [2.05, 4.69) is 5.10 Å². The molecule has 4 aromatic rings. The molecular formula is C24H22N2O4S. The fraction of sp³-hybridized carbons (Fsp3) is 0.167.